The van der Waals surface area contributed by atoms with Gasteiger partial charge in [-0.15, -0.1) is 11.8 Å². The third kappa shape index (κ3) is 4.26. The van der Waals surface area contributed by atoms with Crippen LogP contribution in [0, 0.1) is 17.5 Å². The summed E-state index contributed by atoms with van der Waals surface area (Å²) < 4.78 is 39.6. The molecular weight excluding hydrogens is 329 g/mol. The van der Waals surface area contributed by atoms with Gasteiger partial charge in [0, 0.05) is 30.8 Å². The zero-order valence-corrected chi connectivity index (χ0v) is 13.3. The quantitative estimate of drug-likeness (QED) is 0.827. The molecule has 1 saturated heterocycles. The number of hydrogen-bond donors (Lipinski definition) is 1. The summed E-state index contributed by atoms with van der Waals surface area (Å²) >= 11 is 1.39. The molecule has 1 aliphatic rings. The lowest BCUT2D eigenvalue weighted by atomic mass is 10.0. The number of hydrogen-bond acceptors (Lipinski definition) is 4. The van der Waals surface area contributed by atoms with Gasteiger partial charge in [-0.2, -0.15) is 0 Å². The van der Waals surface area contributed by atoms with Crippen LogP contribution in [0.3, 0.4) is 0 Å². The molecule has 0 saturated carbocycles. The van der Waals surface area contributed by atoms with E-state index in [1.165, 1.54) is 23.6 Å². The normalized spacial score (nSPS) is 19.0. The Bertz CT molecular complexity index is 627. The summed E-state index contributed by atoms with van der Waals surface area (Å²) in [5.41, 5.74) is 5.75. The minimum absolute atomic E-state index is 0.0804. The van der Waals surface area contributed by atoms with Crippen LogP contribution in [-0.2, 0) is 16.0 Å². The summed E-state index contributed by atoms with van der Waals surface area (Å²) in [5.74, 6) is -3.07. The molecule has 2 rings (SSSR count). The third-order valence-corrected chi connectivity index (χ3v) is 4.89. The van der Waals surface area contributed by atoms with Gasteiger partial charge in [-0.25, -0.2) is 13.2 Å². The predicted molar refractivity (Wildman–Crippen MR) is 81.3 cm³/mol. The van der Waals surface area contributed by atoms with E-state index in [1.807, 2.05) is 0 Å². The second-order valence-electron chi connectivity index (χ2n) is 5.45. The second kappa shape index (κ2) is 7.35. The molecule has 1 aromatic rings. The number of nitrogens with two attached hydrogens (primary N) is 1. The molecule has 2 unspecified atom stereocenters. The first kappa shape index (κ1) is 17.8. The van der Waals surface area contributed by atoms with Gasteiger partial charge in [0.1, 0.15) is 11.2 Å². The van der Waals surface area contributed by atoms with Crippen molar-refractivity contribution in [2.24, 2.45) is 5.73 Å². The molecule has 0 aromatic heterocycles. The van der Waals surface area contributed by atoms with Crippen molar-refractivity contribution in [3.8, 4) is 0 Å². The second-order valence-corrected chi connectivity index (χ2v) is 6.64. The molecule has 0 spiro atoms. The lowest BCUT2D eigenvalue weighted by Gasteiger charge is -2.23. The highest BCUT2D eigenvalue weighted by Crippen LogP contribution is 2.25. The van der Waals surface area contributed by atoms with Gasteiger partial charge in [0.05, 0.1) is 0 Å². The summed E-state index contributed by atoms with van der Waals surface area (Å²) in [7, 11) is 0. The molecule has 4 nitrogen and oxygen atoms in total. The zero-order chi connectivity index (χ0) is 17.1. The molecule has 8 heteroatoms. The molecule has 1 heterocycles. The van der Waals surface area contributed by atoms with Crippen LogP contribution in [-0.4, -0.2) is 40.3 Å². The Hall–Kier alpha value is -1.54. The monoisotopic (exact) mass is 346 g/mol. The molecule has 0 bridgehead atoms. The van der Waals surface area contributed by atoms with Crippen LogP contribution in [0.2, 0.25) is 0 Å². The largest absolute Gasteiger partial charge is 0.327 e. The molecule has 1 aliphatic heterocycles. The van der Waals surface area contributed by atoms with Crippen LogP contribution in [0.15, 0.2) is 12.1 Å². The van der Waals surface area contributed by atoms with Crippen LogP contribution >= 0.6 is 11.8 Å². The molecule has 0 radical (unpaired) electrons. The molecule has 0 aliphatic carbocycles. The van der Waals surface area contributed by atoms with Crippen molar-refractivity contribution in [1.82, 2.24) is 4.90 Å². The molecule has 2 atom stereocenters. The Morgan fingerprint density at radius 3 is 2.61 bits per heavy atom. The first-order chi connectivity index (χ1) is 10.8. The van der Waals surface area contributed by atoms with Gasteiger partial charge in [-0.1, -0.05) is 0 Å². The van der Waals surface area contributed by atoms with Crippen molar-refractivity contribution in [3.05, 3.63) is 35.1 Å². The summed E-state index contributed by atoms with van der Waals surface area (Å²) in [6.45, 7) is 1.87. The fourth-order valence-corrected chi connectivity index (χ4v) is 3.64. The Kier molecular flexibility index (Phi) is 5.69. The van der Waals surface area contributed by atoms with Gasteiger partial charge < -0.3 is 10.6 Å². The highest BCUT2D eigenvalue weighted by Gasteiger charge is 2.33. The van der Waals surface area contributed by atoms with E-state index in [-0.39, 0.29) is 30.1 Å². The highest BCUT2D eigenvalue weighted by molar-refractivity contribution is 8.00. The number of Topliss-reactive ketones (excluding diaryl/α,β-unsaturated/α-hetero) is 1. The summed E-state index contributed by atoms with van der Waals surface area (Å²) in [5, 5.41) is -0.505. The van der Waals surface area contributed by atoms with Gasteiger partial charge in [-0.05, 0) is 25.0 Å². The van der Waals surface area contributed by atoms with Gasteiger partial charge in [-0.3, -0.25) is 9.59 Å². The molecule has 1 fully saturated rings. The van der Waals surface area contributed by atoms with Crippen molar-refractivity contribution < 1.29 is 22.8 Å². The molecule has 1 amide bonds. The standard InChI is InChI=1S/C15H17F3N2O2S/c1-8(21)15-20(2-3-23-15)14(22)6-10(19)4-9-5-12(17)13(18)7-11(9)16/h5,7,10,15H,2-4,6,19H2,1H3. The van der Waals surface area contributed by atoms with Crippen LogP contribution in [0.1, 0.15) is 18.9 Å². The molecule has 2 N–H and O–H groups in total. The minimum atomic E-state index is -1.27. The Labute approximate surface area is 136 Å². The Balaban J connectivity index is 1.99. The van der Waals surface area contributed by atoms with E-state index in [2.05, 4.69) is 0 Å². The van der Waals surface area contributed by atoms with Crippen molar-refractivity contribution in [1.29, 1.82) is 0 Å². The fourth-order valence-electron chi connectivity index (χ4n) is 2.48. The lowest BCUT2D eigenvalue weighted by molar-refractivity contribution is -0.135. The first-order valence-corrected chi connectivity index (χ1v) is 8.15. The van der Waals surface area contributed by atoms with Crippen molar-refractivity contribution in [2.45, 2.75) is 31.2 Å². The molecule has 1 aromatic carbocycles. The molecular formula is C15H17F3N2O2S. The smallest absolute Gasteiger partial charge is 0.225 e. The van der Waals surface area contributed by atoms with E-state index in [4.69, 9.17) is 5.73 Å². The fraction of sp³-hybridized carbons (Fsp3) is 0.467. The van der Waals surface area contributed by atoms with E-state index in [1.54, 1.807) is 0 Å². The third-order valence-electron chi connectivity index (χ3n) is 3.57. The van der Waals surface area contributed by atoms with Gasteiger partial charge in [0.2, 0.25) is 5.91 Å². The van der Waals surface area contributed by atoms with Gasteiger partial charge in [0.15, 0.2) is 17.4 Å². The Morgan fingerprint density at radius 1 is 1.30 bits per heavy atom. The first-order valence-electron chi connectivity index (χ1n) is 7.10. The minimum Gasteiger partial charge on any atom is -0.327 e. The van der Waals surface area contributed by atoms with Crippen LogP contribution < -0.4 is 5.73 Å². The SMILES string of the molecule is CC(=O)C1SCCN1C(=O)CC(N)Cc1cc(F)c(F)cc1F. The average Bonchev–Trinajstić information content (AvgIpc) is 2.94. The summed E-state index contributed by atoms with van der Waals surface area (Å²) in [6.07, 6.45) is -0.191. The zero-order valence-electron chi connectivity index (χ0n) is 12.5. The lowest BCUT2D eigenvalue weighted by Crippen LogP contribution is -2.41. The van der Waals surface area contributed by atoms with Crippen LogP contribution in [0.4, 0.5) is 13.2 Å². The maximum absolute atomic E-state index is 13.6. The summed E-state index contributed by atoms with van der Waals surface area (Å²) in [4.78, 5) is 25.2. The number of amides is 1. The van der Waals surface area contributed by atoms with Crippen LogP contribution in [0.5, 0.6) is 0 Å². The van der Waals surface area contributed by atoms with Crippen molar-refractivity contribution in [3.63, 3.8) is 0 Å². The number of thioether (sulfide) groups is 1. The van der Waals surface area contributed by atoms with Crippen LogP contribution in [0.25, 0.3) is 0 Å². The van der Waals surface area contributed by atoms with Gasteiger partial charge >= 0.3 is 0 Å². The van der Waals surface area contributed by atoms with Crippen molar-refractivity contribution in [2.75, 3.05) is 12.3 Å². The number of benzene rings is 1. The maximum Gasteiger partial charge on any atom is 0.225 e. The van der Waals surface area contributed by atoms with E-state index in [0.29, 0.717) is 18.4 Å². The number of carbonyl (C=O) groups excluding carboxylic acids is 2. The van der Waals surface area contributed by atoms with Gasteiger partial charge in [0.25, 0.3) is 0 Å². The number of carbonyl (C=O) groups is 2. The van der Waals surface area contributed by atoms with E-state index in [9.17, 15) is 22.8 Å². The molecule has 126 valence electrons. The van der Waals surface area contributed by atoms with E-state index >= 15 is 0 Å². The number of halogens is 3. The maximum atomic E-state index is 13.6. The van der Waals surface area contributed by atoms with E-state index in [0.717, 1.165) is 6.07 Å². The topological polar surface area (TPSA) is 63.4 Å². The number of rotatable bonds is 5. The predicted octanol–water partition coefficient (Wildman–Crippen LogP) is 1.85. The Morgan fingerprint density at radius 2 is 1.96 bits per heavy atom. The van der Waals surface area contributed by atoms with Crippen molar-refractivity contribution >= 4 is 23.5 Å². The average molecular weight is 346 g/mol. The van der Waals surface area contributed by atoms with E-state index < -0.39 is 28.9 Å². The number of nitrogens with zero attached hydrogens (tertiary/aromatic N) is 1. The highest BCUT2D eigenvalue weighted by atomic mass is 32.2. The molecule has 23 heavy (non-hydrogen) atoms. The number of ketones is 1. The summed E-state index contributed by atoms with van der Waals surface area (Å²) in [6, 6.07) is 0.460.